The number of H-pyrrole nitrogens is 1. The van der Waals surface area contributed by atoms with E-state index in [9.17, 15) is 9.18 Å². The summed E-state index contributed by atoms with van der Waals surface area (Å²) in [4.78, 5) is 32.1. The number of ether oxygens (including phenoxy) is 2. The van der Waals surface area contributed by atoms with E-state index in [1.807, 2.05) is 20.0 Å². The van der Waals surface area contributed by atoms with Gasteiger partial charge in [0.25, 0.3) is 0 Å². The van der Waals surface area contributed by atoms with Crippen LogP contribution >= 0.6 is 0 Å². The van der Waals surface area contributed by atoms with Crippen molar-refractivity contribution in [3.05, 3.63) is 48.2 Å². The first-order valence-corrected chi connectivity index (χ1v) is 12.4. The van der Waals surface area contributed by atoms with Gasteiger partial charge in [-0.15, -0.1) is 0 Å². The maximum Gasteiger partial charge on any atom is 0.230 e. The average molecular weight is 493 g/mol. The van der Waals surface area contributed by atoms with Gasteiger partial charge >= 0.3 is 0 Å². The predicted octanol–water partition coefficient (Wildman–Crippen LogP) is 3.60. The summed E-state index contributed by atoms with van der Waals surface area (Å²) >= 11 is 0. The molecule has 2 saturated carbocycles. The Hall–Kier alpha value is -3.37. The lowest BCUT2D eigenvalue weighted by Gasteiger charge is -2.35. The van der Waals surface area contributed by atoms with E-state index in [1.54, 1.807) is 18.3 Å². The maximum atomic E-state index is 13.6. The van der Waals surface area contributed by atoms with E-state index in [0.717, 1.165) is 31.2 Å². The summed E-state index contributed by atoms with van der Waals surface area (Å²) in [5.41, 5.74) is 1.90. The minimum absolute atomic E-state index is 0.0520. The molecule has 1 amide bonds. The van der Waals surface area contributed by atoms with Gasteiger partial charge in [-0.1, -0.05) is 0 Å². The van der Waals surface area contributed by atoms with Gasteiger partial charge in [-0.3, -0.25) is 4.79 Å². The second-order valence-electron chi connectivity index (χ2n) is 10.2. The van der Waals surface area contributed by atoms with Crippen LogP contribution in [0.1, 0.15) is 44.7 Å². The predicted molar refractivity (Wildman–Crippen MR) is 130 cm³/mol. The fourth-order valence-corrected chi connectivity index (χ4v) is 4.27. The number of benzene rings is 1. The Morgan fingerprint density at radius 3 is 2.50 bits per heavy atom. The minimum atomic E-state index is -0.768. The maximum absolute atomic E-state index is 13.6. The molecule has 3 aliphatic rings. The Morgan fingerprint density at radius 1 is 1.11 bits per heavy atom. The van der Waals surface area contributed by atoms with Crippen LogP contribution < -0.4 is 10.2 Å². The van der Waals surface area contributed by atoms with E-state index in [2.05, 4.69) is 20.2 Å². The number of nitrogens with one attached hydrogen (secondary N) is 2. The number of aromatic amines is 1. The van der Waals surface area contributed by atoms with Crippen LogP contribution in [0.5, 0.6) is 0 Å². The standard InChI is InChI=1S/C26H29FN6O3/c1-26(24(34)29-17-7-8-17)13-35-23(36-14-26)22-31-20(15-3-5-16(27)6-4-15)21(32-22)19-11-12-28-25(30-19)33(2)18-9-10-18/h3-6,11-12,17-18,23H,7-10,13-14H2,1-2H3,(H,29,34)(H,31,32). The first-order chi connectivity index (χ1) is 17.4. The van der Waals surface area contributed by atoms with Crippen LogP contribution in [-0.2, 0) is 14.3 Å². The third-order valence-electron chi connectivity index (χ3n) is 6.94. The highest BCUT2D eigenvalue weighted by Crippen LogP contribution is 2.36. The molecule has 10 heteroatoms. The fourth-order valence-electron chi connectivity index (χ4n) is 4.27. The third-order valence-corrected chi connectivity index (χ3v) is 6.94. The second-order valence-corrected chi connectivity index (χ2v) is 10.2. The van der Waals surface area contributed by atoms with Crippen LogP contribution in [0.3, 0.4) is 0 Å². The van der Waals surface area contributed by atoms with E-state index >= 15 is 0 Å². The number of carbonyl (C=O) groups is 1. The number of nitrogens with zero attached hydrogens (tertiary/aromatic N) is 4. The van der Waals surface area contributed by atoms with Crippen molar-refractivity contribution < 1.29 is 18.7 Å². The lowest BCUT2D eigenvalue weighted by Crippen LogP contribution is -2.49. The van der Waals surface area contributed by atoms with Gasteiger partial charge < -0.3 is 24.7 Å². The number of anilines is 1. The molecular formula is C26H29FN6O3. The molecule has 3 fully saturated rings. The average Bonchev–Trinajstić information content (AvgIpc) is 3.83. The van der Waals surface area contributed by atoms with Gasteiger partial charge in [0, 0.05) is 30.9 Å². The number of halogens is 1. The highest BCUT2D eigenvalue weighted by Gasteiger charge is 2.42. The molecule has 0 bridgehead atoms. The van der Waals surface area contributed by atoms with Crippen molar-refractivity contribution >= 4 is 11.9 Å². The number of carbonyl (C=O) groups excluding carboxylic acids is 1. The SMILES string of the molecule is CN(c1nccc(-c2[nH]c(C3OCC(C)(C(=O)NC4CC4)CO3)nc2-c2ccc(F)cc2)n1)C1CC1. The molecule has 36 heavy (non-hydrogen) atoms. The van der Waals surface area contributed by atoms with Crippen LogP contribution in [-0.4, -0.2) is 58.2 Å². The third kappa shape index (κ3) is 4.58. The molecule has 9 nitrogen and oxygen atoms in total. The second kappa shape index (κ2) is 8.94. The molecule has 0 radical (unpaired) electrons. The van der Waals surface area contributed by atoms with Crippen molar-refractivity contribution in [3.63, 3.8) is 0 Å². The van der Waals surface area contributed by atoms with Gasteiger partial charge in [0.15, 0.2) is 5.82 Å². The summed E-state index contributed by atoms with van der Waals surface area (Å²) in [6.45, 7) is 2.27. The van der Waals surface area contributed by atoms with Crippen molar-refractivity contribution in [2.45, 2.75) is 51.0 Å². The zero-order valence-electron chi connectivity index (χ0n) is 20.3. The highest BCUT2D eigenvalue weighted by atomic mass is 19.1. The van der Waals surface area contributed by atoms with Crippen LogP contribution in [0.2, 0.25) is 0 Å². The topological polar surface area (TPSA) is 105 Å². The van der Waals surface area contributed by atoms with Gasteiger partial charge in [0.2, 0.25) is 18.1 Å². The molecule has 3 heterocycles. The lowest BCUT2D eigenvalue weighted by molar-refractivity contribution is -0.231. The molecule has 0 spiro atoms. The van der Waals surface area contributed by atoms with Gasteiger partial charge in [0.1, 0.15) is 5.82 Å². The molecule has 188 valence electrons. The smallest absolute Gasteiger partial charge is 0.230 e. The van der Waals surface area contributed by atoms with Gasteiger partial charge in [0.05, 0.1) is 35.7 Å². The molecular weight excluding hydrogens is 463 g/mol. The molecule has 0 unspecified atom stereocenters. The van der Waals surface area contributed by atoms with Crippen LogP contribution in [0, 0.1) is 11.2 Å². The molecule has 1 aliphatic heterocycles. The van der Waals surface area contributed by atoms with E-state index in [-0.39, 0.29) is 31.0 Å². The Morgan fingerprint density at radius 2 is 1.83 bits per heavy atom. The van der Waals surface area contributed by atoms with Gasteiger partial charge in [-0.05, 0) is 62.9 Å². The van der Waals surface area contributed by atoms with E-state index in [0.29, 0.717) is 34.9 Å². The van der Waals surface area contributed by atoms with E-state index in [4.69, 9.17) is 19.4 Å². The summed E-state index contributed by atoms with van der Waals surface area (Å²) < 4.78 is 25.6. The Balaban J connectivity index is 1.29. The monoisotopic (exact) mass is 492 g/mol. The van der Waals surface area contributed by atoms with E-state index in [1.165, 1.54) is 12.1 Å². The van der Waals surface area contributed by atoms with Crippen LogP contribution in [0.4, 0.5) is 10.3 Å². The van der Waals surface area contributed by atoms with Crippen molar-refractivity contribution in [2.24, 2.45) is 5.41 Å². The summed E-state index contributed by atoms with van der Waals surface area (Å²) in [6, 6.07) is 8.71. The van der Waals surface area contributed by atoms with Crippen molar-refractivity contribution in [3.8, 4) is 22.6 Å². The highest BCUT2D eigenvalue weighted by molar-refractivity contribution is 5.83. The minimum Gasteiger partial charge on any atom is -0.353 e. The number of imidazole rings is 1. The van der Waals surface area contributed by atoms with Gasteiger partial charge in [-0.25, -0.2) is 19.3 Å². The van der Waals surface area contributed by atoms with E-state index < -0.39 is 11.7 Å². The first-order valence-electron chi connectivity index (χ1n) is 12.4. The zero-order valence-corrected chi connectivity index (χ0v) is 20.3. The molecule has 2 N–H and O–H groups in total. The molecule has 1 saturated heterocycles. The Bertz CT molecular complexity index is 1260. The summed E-state index contributed by atoms with van der Waals surface area (Å²) in [5.74, 6) is 0.724. The summed E-state index contributed by atoms with van der Waals surface area (Å²) in [7, 11) is 2.00. The van der Waals surface area contributed by atoms with Crippen molar-refractivity contribution in [1.29, 1.82) is 0 Å². The van der Waals surface area contributed by atoms with Crippen molar-refractivity contribution in [2.75, 3.05) is 25.2 Å². The van der Waals surface area contributed by atoms with Crippen molar-refractivity contribution in [1.82, 2.24) is 25.3 Å². The molecule has 1 aromatic carbocycles. The summed E-state index contributed by atoms with van der Waals surface area (Å²) in [5, 5.41) is 3.03. The Labute approximate surface area is 208 Å². The molecule has 2 aromatic heterocycles. The van der Waals surface area contributed by atoms with Crippen LogP contribution in [0.15, 0.2) is 36.5 Å². The molecule has 3 aromatic rings. The lowest BCUT2D eigenvalue weighted by atomic mass is 9.91. The number of aromatic nitrogens is 4. The fraction of sp³-hybridized carbons (Fsp3) is 0.462. The Kier molecular flexibility index (Phi) is 5.72. The number of hydrogen-bond donors (Lipinski definition) is 2. The molecule has 6 rings (SSSR count). The largest absolute Gasteiger partial charge is 0.353 e. The number of hydrogen-bond acceptors (Lipinski definition) is 7. The summed E-state index contributed by atoms with van der Waals surface area (Å²) in [6.07, 6.45) is 5.27. The first kappa shape index (κ1) is 23.1. The van der Waals surface area contributed by atoms with Gasteiger partial charge in [-0.2, -0.15) is 0 Å². The molecule has 0 atom stereocenters. The zero-order chi connectivity index (χ0) is 24.9. The normalized spacial score (nSPS) is 23.9. The van der Waals surface area contributed by atoms with Crippen LogP contribution in [0.25, 0.3) is 22.6 Å². The quantitative estimate of drug-likeness (QED) is 0.519. The number of rotatable bonds is 7. The molecule has 2 aliphatic carbocycles. The number of amides is 1.